The van der Waals surface area contributed by atoms with Crippen LogP contribution in [0.4, 0.5) is 0 Å². The van der Waals surface area contributed by atoms with E-state index in [1.807, 2.05) is 56.3 Å². The van der Waals surface area contributed by atoms with Gasteiger partial charge in [0.05, 0.1) is 5.54 Å². The first kappa shape index (κ1) is 15.5. The smallest absolute Gasteiger partial charge is 0.252 e. The predicted molar refractivity (Wildman–Crippen MR) is 86.3 cm³/mol. The van der Waals surface area contributed by atoms with Gasteiger partial charge in [0.15, 0.2) is 0 Å². The first-order valence-electron chi connectivity index (χ1n) is 6.80. The molecule has 4 heteroatoms. The van der Waals surface area contributed by atoms with E-state index in [1.165, 1.54) is 0 Å². The fourth-order valence-electron chi connectivity index (χ4n) is 2.21. The highest BCUT2D eigenvalue weighted by Gasteiger charge is 2.24. The summed E-state index contributed by atoms with van der Waals surface area (Å²) in [5.41, 5.74) is 7.63. The summed E-state index contributed by atoms with van der Waals surface area (Å²) < 4.78 is 0. The summed E-state index contributed by atoms with van der Waals surface area (Å²) in [4.78, 5) is 12.5. The highest BCUT2D eigenvalue weighted by atomic mass is 35.5. The number of hydrogen-bond acceptors (Lipinski definition) is 2. The minimum absolute atomic E-state index is 0.129. The summed E-state index contributed by atoms with van der Waals surface area (Å²) in [5, 5.41) is 3.72. The molecule has 2 rings (SSSR count). The Kier molecular flexibility index (Phi) is 4.66. The number of benzene rings is 2. The van der Waals surface area contributed by atoms with E-state index >= 15 is 0 Å². The molecule has 110 valence electrons. The maximum atomic E-state index is 12.5. The second kappa shape index (κ2) is 6.29. The van der Waals surface area contributed by atoms with Crippen LogP contribution < -0.4 is 11.1 Å². The fraction of sp³-hybridized carbons (Fsp3) is 0.235. The Balaban J connectivity index is 2.23. The van der Waals surface area contributed by atoms with Crippen molar-refractivity contribution in [3.05, 3.63) is 70.2 Å². The number of carbonyl (C=O) groups excluding carboxylic acids is 1. The molecule has 0 aliphatic heterocycles. The molecule has 3 nitrogen and oxygen atoms in total. The van der Waals surface area contributed by atoms with Crippen LogP contribution in [-0.4, -0.2) is 5.91 Å². The molecule has 0 radical (unpaired) electrons. The van der Waals surface area contributed by atoms with Crippen molar-refractivity contribution in [3.63, 3.8) is 0 Å². The van der Waals surface area contributed by atoms with E-state index in [0.29, 0.717) is 17.1 Å². The van der Waals surface area contributed by atoms with E-state index < -0.39 is 5.54 Å². The van der Waals surface area contributed by atoms with Crippen molar-refractivity contribution < 1.29 is 4.79 Å². The summed E-state index contributed by atoms with van der Waals surface area (Å²) in [5.74, 6) is -0.129. The highest BCUT2D eigenvalue weighted by molar-refractivity contribution is 6.30. The second-order valence-corrected chi connectivity index (χ2v) is 5.88. The van der Waals surface area contributed by atoms with Gasteiger partial charge in [0.1, 0.15) is 0 Å². The molecule has 0 saturated carbocycles. The van der Waals surface area contributed by atoms with Crippen LogP contribution in [-0.2, 0) is 12.1 Å². The molecule has 0 bridgehead atoms. The molecule has 0 atom stereocenters. The van der Waals surface area contributed by atoms with Gasteiger partial charge in [0, 0.05) is 17.1 Å². The topological polar surface area (TPSA) is 55.1 Å². The zero-order valence-electron chi connectivity index (χ0n) is 12.2. The lowest BCUT2D eigenvalue weighted by Crippen LogP contribution is -2.41. The number of carbonyl (C=O) groups is 1. The maximum Gasteiger partial charge on any atom is 0.252 e. The van der Waals surface area contributed by atoms with Crippen LogP contribution in [0, 0.1) is 0 Å². The number of rotatable bonds is 4. The minimum Gasteiger partial charge on any atom is -0.343 e. The van der Waals surface area contributed by atoms with E-state index in [9.17, 15) is 4.79 Å². The van der Waals surface area contributed by atoms with Gasteiger partial charge in [0.2, 0.25) is 0 Å². The molecule has 2 aromatic carbocycles. The molecular weight excluding hydrogens is 284 g/mol. The molecule has 0 spiro atoms. The van der Waals surface area contributed by atoms with Crippen LogP contribution in [0.5, 0.6) is 0 Å². The van der Waals surface area contributed by atoms with Crippen molar-refractivity contribution in [2.45, 2.75) is 25.9 Å². The van der Waals surface area contributed by atoms with Crippen molar-refractivity contribution in [2.24, 2.45) is 5.73 Å². The first-order chi connectivity index (χ1) is 9.94. The summed E-state index contributed by atoms with van der Waals surface area (Å²) >= 11 is 5.90. The van der Waals surface area contributed by atoms with E-state index in [1.54, 1.807) is 6.07 Å². The molecule has 0 aromatic heterocycles. The number of nitrogens with two attached hydrogens (primary N) is 1. The Hall–Kier alpha value is -1.84. The van der Waals surface area contributed by atoms with E-state index in [-0.39, 0.29) is 5.91 Å². The number of halogens is 1. The third kappa shape index (κ3) is 3.63. The van der Waals surface area contributed by atoms with Crippen molar-refractivity contribution in [3.8, 4) is 0 Å². The standard InChI is InChI=1S/C17H19ClN2O/c1-17(2,13-7-9-14(18)10-8-13)20-16(21)15-6-4-3-5-12(15)11-19/h3-10H,11,19H2,1-2H3,(H,20,21). The van der Waals surface area contributed by atoms with Gasteiger partial charge in [-0.2, -0.15) is 0 Å². The molecule has 0 aliphatic carbocycles. The van der Waals surface area contributed by atoms with Gasteiger partial charge >= 0.3 is 0 Å². The van der Waals surface area contributed by atoms with E-state index in [4.69, 9.17) is 17.3 Å². The first-order valence-corrected chi connectivity index (χ1v) is 7.18. The summed E-state index contributed by atoms with van der Waals surface area (Å²) in [7, 11) is 0. The minimum atomic E-state index is -0.497. The molecule has 1 amide bonds. The molecule has 2 aromatic rings. The lowest BCUT2D eigenvalue weighted by molar-refractivity contribution is 0.0911. The second-order valence-electron chi connectivity index (χ2n) is 5.45. The Labute approximate surface area is 130 Å². The summed E-state index contributed by atoms with van der Waals surface area (Å²) in [6.07, 6.45) is 0. The SMILES string of the molecule is CC(C)(NC(=O)c1ccccc1CN)c1ccc(Cl)cc1. The van der Waals surface area contributed by atoms with Crippen LogP contribution in [0.15, 0.2) is 48.5 Å². The van der Waals surface area contributed by atoms with Crippen LogP contribution >= 0.6 is 11.6 Å². The Morgan fingerprint density at radius 3 is 2.38 bits per heavy atom. The Morgan fingerprint density at radius 2 is 1.76 bits per heavy atom. The average molecular weight is 303 g/mol. The van der Waals surface area contributed by atoms with Crippen LogP contribution in [0.1, 0.15) is 35.3 Å². The largest absolute Gasteiger partial charge is 0.343 e. The molecule has 0 saturated heterocycles. The van der Waals surface area contributed by atoms with Gasteiger partial charge in [-0.1, -0.05) is 41.9 Å². The van der Waals surface area contributed by atoms with Crippen molar-refractivity contribution in [1.82, 2.24) is 5.32 Å². The van der Waals surface area contributed by atoms with Gasteiger partial charge in [-0.3, -0.25) is 4.79 Å². The number of nitrogens with one attached hydrogen (secondary N) is 1. The molecule has 0 aliphatic rings. The molecule has 3 N–H and O–H groups in total. The molecular formula is C17H19ClN2O. The molecule has 21 heavy (non-hydrogen) atoms. The van der Waals surface area contributed by atoms with Gasteiger partial charge in [-0.05, 0) is 43.2 Å². The van der Waals surface area contributed by atoms with Gasteiger partial charge < -0.3 is 11.1 Å². The van der Waals surface area contributed by atoms with Crippen molar-refractivity contribution >= 4 is 17.5 Å². The van der Waals surface area contributed by atoms with Gasteiger partial charge in [-0.25, -0.2) is 0 Å². The number of amides is 1. The lowest BCUT2D eigenvalue weighted by atomic mass is 9.93. The zero-order chi connectivity index (χ0) is 15.5. The fourth-order valence-corrected chi connectivity index (χ4v) is 2.34. The van der Waals surface area contributed by atoms with Crippen LogP contribution in [0.2, 0.25) is 5.02 Å². The van der Waals surface area contributed by atoms with Gasteiger partial charge in [-0.15, -0.1) is 0 Å². The number of hydrogen-bond donors (Lipinski definition) is 2. The highest BCUT2D eigenvalue weighted by Crippen LogP contribution is 2.23. The zero-order valence-corrected chi connectivity index (χ0v) is 12.9. The Morgan fingerprint density at radius 1 is 1.14 bits per heavy atom. The molecule has 0 fully saturated rings. The average Bonchev–Trinajstić information content (AvgIpc) is 2.47. The molecule has 0 unspecified atom stereocenters. The van der Waals surface area contributed by atoms with Gasteiger partial charge in [0.25, 0.3) is 5.91 Å². The summed E-state index contributed by atoms with van der Waals surface area (Å²) in [6.45, 7) is 4.25. The van der Waals surface area contributed by atoms with Crippen molar-refractivity contribution in [2.75, 3.05) is 0 Å². The predicted octanol–water partition coefficient (Wildman–Crippen LogP) is 3.46. The van der Waals surface area contributed by atoms with Crippen molar-refractivity contribution in [1.29, 1.82) is 0 Å². The van der Waals surface area contributed by atoms with E-state index in [0.717, 1.165) is 11.1 Å². The normalized spacial score (nSPS) is 11.2. The quantitative estimate of drug-likeness (QED) is 0.908. The lowest BCUT2D eigenvalue weighted by Gasteiger charge is -2.27. The van der Waals surface area contributed by atoms with Crippen LogP contribution in [0.3, 0.4) is 0 Å². The summed E-state index contributed by atoms with van der Waals surface area (Å²) in [6, 6.07) is 14.8. The Bertz CT molecular complexity index is 635. The molecule has 0 heterocycles. The third-order valence-corrected chi connectivity index (χ3v) is 3.73. The maximum absolute atomic E-state index is 12.5. The van der Waals surface area contributed by atoms with E-state index in [2.05, 4.69) is 5.32 Å². The third-order valence-electron chi connectivity index (χ3n) is 3.47. The van der Waals surface area contributed by atoms with Crippen LogP contribution in [0.25, 0.3) is 0 Å². The monoisotopic (exact) mass is 302 g/mol.